The zero-order valence-corrected chi connectivity index (χ0v) is 5.67. The summed E-state index contributed by atoms with van der Waals surface area (Å²) in [5.74, 6) is -2.03. The summed E-state index contributed by atoms with van der Waals surface area (Å²) >= 11 is 0. The average molecular weight is 179 g/mol. The number of hydrogen-bond donors (Lipinski definition) is 1. The number of nitrogens with zero attached hydrogens (tertiary/aromatic N) is 2. The Hall–Kier alpha value is -1.53. The van der Waals surface area contributed by atoms with E-state index in [1.165, 1.54) is 12.4 Å². The van der Waals surface area contributed by atoms with Crippen molar-refractivity contribution in [3.05, 3.63) is 18.7 Å². The lowest BCUT2D eigenvalue weighted by Gasteiger charge is -2.06. The number of amides is 1. The number of aromatic nitrogens is 2. The molecule has 0 aromatic carbocycles. The molecule has 0 aliphatic heterocycles. The minimum absolute atomic E-state index is 0.815. The number of halogens is 3. The van der Waals surface area contributed by atoms with Gasteiger partial charge in [-0.25, -0.2) is 9.66 Å². The van der Waals surface area contributed by atoms with Gasteiger partial charge in [-0.2, -0.15) is 13.2 Å². The Bertz CT molecular complexity index is 266. The second-order valence-electron chi connectivity index (χ2n) is 1.91. The highest BCUT2D eigenvalue weighted by Crippen LogP contribution is 2.14. The van der Waals surface area contributed by atoms with Crippen LogP contribution in [0.15, 0.2) is 18.7 Å². The maximum absolute atomic E-state index is 11.6. The number of carbonyl (C=O) groups excluding carboxylic acids is 1. The molecule has 1 aromatic rings. The molecular weight excluding hydrogens is 175 g/mol. The molecule has 0 aliphatic rings. The third-order valence-electron chi connectivity index (χ3n) is 0.993. The van der Waals surface area contributed by atoms with E-state index in [-0.39, 0.29) is 0 Å². The van der Waals surface area contributed by atoms with Crippen molar-refractivity contribution in [3.63, 3.8) is 0 Å². The van der Waals surface area contributed by atoms with Gasteiger partial charge in [-0.1, -0.05) is 0 Å². The van der Waals surface area contributed by atoms with Gasteiger partial charge < -0.3 is 0 Å². The van der Waals surface area contributed by atoms with Crippen molar-refractivity contribution in [2.24, 2.45) is 0 Å². The third-order valence-corrected chi connectivity index (χ3v) is 0.993. The number of alkyl halides is 3. The molecule has 0 bridgehead atoms. The molecule has 0 aliphatic carbocycles. The van der Waals surface area contributed by atoms with Gasteiger partial charge in [-0.05, 0) is 0 Å². The first-order valence-corrected chi connectivity index (χ1v) is 2.86. The lowest BCUT2D eigenvalue weighted by Crippen LogP contribution is -2.34. The first-order valence-electron chi connectivity index (χ1n) is 2.86. The number of hydrogen-bond acceptors (Lipinski definition) is 2. The lowest BCUT2D eigenvalue weighted by atomic mass is 10.6. The fraction of sp³-hybridized carbons (Fsp3) is 0.200. The van der Waals surface area contributed by atoms with Crippen molar-refractivity contribution in [2.75, 3.05) is 5.43 Å². The van der Waals surface area contributed by atoms with E-state index in [4.69, 9.17) is 0 Å². The van der Waals surface area contributed by atoms with Crippen LogP contribution >= 0.6 is 0 Å². The number of nitrogens with one attached hydrogen (secondary N) is 1. The van der Waals surface area contributed by atoms with Gasteiger partial charge >= 0.3 is 12.1 Å². The minimum Gasteiger partial charge on any atom is -0.263 e. The van der Waals surface area contributed by atoms with Gasteiger partial charge in [0.25, 0.3) is 0 Å². The van der Waals surface area contributed by atoms with Crippen LogP contribution in [0.5, 0.6) is 0 Å². The monoisotopic (exact) mass is 179 g/mol. The van der Waals surface area contributed by atoms with E-state index in [0.29, 0.717) is 0 Å². The van der Waals surface area contributed by atoms with Crippen LogP contribution in [0.2, 0.25) is 0 Å². The average Bonchev–Trinajstić information content (AvgIpc) is 2.37. The number of imidazole rings is 1. The fourth-order valence-corrected chi connectivity index (χ4v) is 0.506. The molecule has 66 valence electrons. The summed E-state index contributed by atoms with van der Waals surface area (Å²) in [6.45, 7) is 0. The fourth-order valence-electron chi connectivity index (χ4n) is 0.506. The largest absolute Gasteiger partial charge is 0.472 e. The van der Waals surface area contributed by atoms with Crippen molar-refractivity contribution in [2.45, 2.75) is 6.18 Å². The zero-order chi connectivity index (χ0) is 9.19. The molecule has 1 rings (SSSR count). The van der Waals surface area contributed by atoms with E-state index in [0.717, 1.165) is 11.0 Å². The van der Waals surface area contributed by atoms with Crippen molar-refractivity contribution < 1.29 is 18.0 Å². The maximum atomic E-state index is 11.6. The van der Waals surface area contributed by atoms with Gasteiger partial charge in [-0.3, -0.25) is 10.2 Å². The van der Waals surface area contributed by atoms with Gasteiger partial charge in [0, 0.05) is 12.4 Å². The quantitative estimate of drug-likeness (QED) is 0.682. The molecule has 0 radical (unpaired) electrons. The molecule has 0 spiro atoms. The topological polar surface area (TPSA) is 46.9 Å². The number of carbonyl (C=O) groups is 1. The standard InChI is InChI=1S/C5H4F3N3O/c6-5(7,8)4(12)10-11-2-1-9-3-11/h1-3H,(H,10,12). The van der Waals surface area contributed by atoms with E-state index in [1.807, 2.05) is 0 Å². The first-order chi connectivity index (χ1) is 5.50. The first kappa shape index (κ1) is 8.57. The Labute approximate surface area is 65.0 Å². The van der Waals surface area contributed by atoms with E-state index >= 15 is 0 Å². The number of rotatable bonds is 1. The molecule has 0 unspecified atom stereocenters. The van der Waals surface area contributed by atoms with E-state index < -0.39 is 12.1 Å². The van der Waals surface area contributed by atoms with Crippen LogP contribution in [0.25, 0.3) is 0 Å². The molecule has 1 N–H and O–H groups in total. The normalized spacial score (nSPS) is 11.2. The molecule has 0 fully saturated rings. The summed E-state index contributed by atoms with van der Waals surface area (Å²) in [5.41, 5.74) is 1.55. The minimum atomic E-state index is -4.87. The van der Waals surface area contributed by atoms with Crippen molar-refractivity contribution in [3.8, 4) is 0 Å². The summed E-state index contributed by atoms with van der Waals surface area (Å²) in [5, 5.41) is 0. The van der Waals surface area contributed by atoms with Gasteiger partial charge in [0.1, 0.15) is 6.33 Å². The Kier molecular flexibility index (Phi) is 2.03. The Morgan fingerprint density at radius 2 is 2.17 bits per heavy atom. The summed E-state index contributed by atoms with van der Waals surface area (Å²) in [7, 11) is 0. The summed E-state index contributed by atoms with van der Waals surface area (Å²) in [4.78, 5) is 13.7. The molecule has 1 amide bonds. The van der Waals surface area contributed by atoms with E-state index in [2.05, 4.69) is 4.98 Å². The van der Waals surface area contributed by atoms with E-state index in [1.54, 1.807) is 5.43 Å². The summed E-state index contributed by atoms with van der Waals surface area (Å²) in [6, 6.07) is 0. The molecule has 1 heterocycles. The Balaban J connectivity index is 2.60. The summed E-state index contributed by atoms with van der Waals surface area (Å²) in [6.07, 6.45) is -1.39. The molecule has 0 saturated heterocycles. The second kappa shape index (κ2) is 2.84. The van der Waals surface area contributed by atoms with Crippen LogP contribution < -0.4 is 5.43 Å². The molecule has 1 aromatic heterocycles. The van der Waals surface area contributed by atoms with E-state index in [9.17, 15) is 18.0 Å². The van der Waals surface area contributed by atoms with Gasteiger partial charge in [-0.15, -0.1) is 0 Å². The smallest absolute Gasteiger partial charge is 0.263 e. The van der Waals surface area contributed by atoms with Crippen LogP contribution in [-0.2, 0) is 4.79 Å². The van der Waals surface area contributed by atoms with Crippen LogP contribution in [0.1, 0.15) is 0 Å². The lowest BCUT2D eigenvalue weighted by molar-refractivity contribution is -0.168. The summed E-state index contributed by atoms with van der Waals surface area (Å²) < 4.78 is 35.6. The Morgan fingerprint density at radius 3 is 2.58 bits per heavy atom. The molecule has 0 saturated carbocycles. The van der Waals surface area contributed by atoms with Crippen LogP contribution in [0.4, 0.5) is 13.2 Å². The predicted molar refractivity (Wildman–Crippen MR) is 32.6 cm³/mol. The molecule has 7 heteroatoms. The van der Waals surface area contributed by atoms with Gasteiger partial charge in [0.15, 0.2) is 0 Å². The van der Waals surface area contributed by atoms with Crippen molar-refractivity contribution in [1.82, 2.24) is 9.66 Å². The molecule has 12 heavy (non-hydrogen) atoms. The van der Waals surface area contributed by atoms with Crippen LogP contribution in [-0.4, -0.2) is 21.7 Å². The highest BCUT2D eigenvalue weighted by molar-refractivity contribution is 5.88. The SMILES string of the molecule is O=C(Nn1ccnc1)C(F)(F)F. The highest BCUT2D eigenvalue weighted by Gasteiger charge is 2.38. The maximum Gasteiger partial charge on any atom is 0.472 e. The molecule has 0 atom stereocenters. The third kappa shape index (κ3) is 1.97. The predicted octanol–water partition coefficient (Wildman–Crippen LogP) is 0.515. The van der Waals surface area contributed by atoms with Crippen molar-refractivity contribution in [1.29, 1.82) is 0 Å². The molecular formula is C5H4F3N3O. The Morgan fingerprint density at radius 1 is 1.50 bits per heavy atom. The van der Waals surface area contributed by atoms with Gasteiger partial charge in [0.05, 0.1) is 0 Å². The van der Waals surface area contributed by atoms with Gasteiger partial charge in [0.2, 0.25) is 0 Å². The second-order valence-corrected chi connectivity index (χ2v) is 1.91. The molecule has 4 nitrogen and oxygen atoms in total. The zero-order valence-electron chi connectivity index (χ0n) is 5.67. The van der Waals surface area contributed by atoms with Crippen molar-refractivity contribution >= 4 is 5.91 Å². The van der Waals surface area contributed by atoms with Crippen LogP contribution in [0, 0.1) is 0 Å². The van der Waals surface area contributed by atoms with Crippen LogP contribution in [0.3, 0.4) is 0 Å². The highest BCUT2D eigenvalue weighted by atomic mass is 19.4.